The molecule has 4 saturated carbocycles. The van der Waals surface area contributed by atoms with Gasteiger partial charge in [0.15, 0.2) is 0 Å². The van der Waals surface area contributed by atoms with Crippen molar-refractivity contribution in [2.45, 2.75) is 163 Å². The van der Waals surface area contributed by atoms with E-state index in [0.29, 0.717) is 23.7 Å². The largest absolute Gasteiger partial charge is 0.393 e. The maximum Gasteiger partial charge on any atom is 0.0601 e. The maximum absolute atomic E-state index is 11.8. The summed E-state index contributed by atoms with van der Waals surface area (Å²) in [6.07, 6.45) is 22.5. The van der Waals surface area contributed by atoms with Crippen LogP contribution in [0.15, 0.2) is 0 Å². The first-order valence-electron chi connectivity index (χ1n) is 16.8. The second kappa shape index (κ2) is 12.6. The van der Waals surface area contributed by atoms with Gasteiger partial charge in [-0.1, -0.05) is 106 Å². The zero-order chi connectivity index (χ0) is 26.8. The normalized spacial score (nSPS) is 39.6. The Balaban J connectivity index is 1.48. The molecule has 216 valence electrons. The lowest BCUT2D eigenvalue weighted by Gasteiger charge is -2.50. The monoisotopic (exact) mass is 516 g/mol. The van der Waals surface area contributed by atoms with Crippen LogP contribution in [0.25, 0.3) is 0 Å². The molecule has 8 atom stereocenters. The molecule has 0 heterocycles. The minimum Gasteiger partial charge on any atom is -0.393 e. The molecule has 0 aliphatic heterocycles. The van der Waals surface area contributed by atoms with Gasteiger partial charge in [-0.05, 0) is 103 Å². The Morgan fingerprint density at radius 2 is 0.811 bits per heavy atom. The number of aliphatic hydroxyl groups is 2. The zero-order valence-electron chi connectivity index (χ0n) is 25.7. The van der Waals surface area contributed by atoms with E-state index in [0.717, 1.165) is 30.1 Å². The fourth-order valence-corrected chi connectivity index (χ4v) is 9.75. The van der Waals surface area contributed by atoms with Gasteiger partial charge in [0.1, 0.15) is 0 Å². The van der Waals surface area contributed by atoms with Gasteiger partial charge < -0.3 is 10.2 Å². The molecule has 2 N–H and O–H groups in total. The van der Waals surface area contributed by atoms with Gasteiger partial charge in [0.25, 0.3) is 0 Å². The van der Waals surface area contributed by atoms with E-state index < -0.39 is 0 Å². The van der Waals surface area contributed by atoms with Crippen molar-refractivity contribution >= 4 is 0 Å². The Labute approximate surface area is 231 Å². The highest BCUT2D eigenvalue weighted by Crippen LogP contribution is 2.51. The molecular formula is C35H64O2. The van der Waals surface area contributed by atoms with Gasteiger partial charge in [-0.2, -0.15) is 0 Å². The van der Waals surface area contributed by atoms with Crippen LogP contribution in [0.3, 0.4) is 0 Å². The van der Waals surface area contributed by atoms with Gasteiger partial charge in [-0.15, -0.1) is 0 Å². The smallest absolute Gasteiger partial charge is 0.0601 e. The van der Waals surface area contributed by atoms with Crippen LogP contribution >= 0.6 is 0 Å². The molecule has 4 rings (SSSR count). The third-order valence-electron chi connectivity index (χ3n) is 11.9. The Bertz CT molecular complexity index is 616. The van der Waals surface area contributed by atoms with E-state index in [1.165, 1.54) is 103 Å². The van der Waals surface area contributed by atoms with Gasteiger partial charge in [0.05, 0.1) is 12.2 Å². The van der Waals surface area contributed by atoms with Gasteiger partial charge >= 0.3 is 0 Å². The molecule has 8 unspecified atom stereocenters. The highest BCUT2D eigenvalue weighted by molar-refractivity contribution is 4.97. The SMILES string of the molecule is CC(C)(C)C1CC(CC2CCCCC2)CC(CC2CC(CC3CCCCC3)CC(C(C)(C)C)C2O)C1O. The first-order chi connectivity index (χ1) is 17.4. The second-order valence-corrected chi connectivity index (χ2v) is 16.8. The highest BCUT2D eigenvalue weighted by Gasteiger charge is 2.47. The molecule has 4 aliphatic carbocycles. The average molecular weight is 517 g/mol. The average Bonchev–Trinajstić information content (AvgIpc) is 2.83. The predicted octanol–water partition coefficient (Wildman–Crippen LogP) is 9.42. The van der Waals surface area contributed by atoms with Crippen molar-refractivity contribution in [1.29, 1.82) is 0 Å². The molecule has 2 nitrogen and oxygen atoms in total. The van der Waals surface area contributed by atoms with E-state index >= 15 is 0 Å². The van der Waals surface area contributed by atoms with Crippen molar-refractivity contribution in [2.75, 3.05) is 0 Å². The molecule has 0 spiro atoms. The van der Waals surface area contributed by atoms with Crippen LogP contribution in [-0.4, -0.2) is 22.4 Å². The molecule has 4 fully saturated rings. The van der Waals surface area contributed by atoms with Crippen LogP contribution in [0, 0.1) is 58.2 Å². The van der Waals surface area contributed by atoms with Crippen molar-refractivity contribution in [2.24, 2.45) is 58.2 Å². The van der Waals surface area contributed by atoms with Gasteiger partial charge in [0, 0.05) is 0 Å². The Kier molecular flexibility index (Phi) is 10.2. The summed E-state index contributed by atoms with van der Waals surface area (Å²) in [5, 5.41) is 23.6. The Hall–Kier alpha value is -0.0800. The number of rotatable bonds is 6. The van der Waals surface area contributed by atoms with E-state index in [9.17, 15) is 10.2 Å². The van der Waals surface area contributed by atoms with E-state index in [2.05, 4.69) is 41.5 Å². The first kappa shape index (κ1) is 29.9. The molecule has 37 heavy (non-hydrogen) atoms. The minimum absolute atomic E-state index is 0.144. The van der Waals surface area contributed by atoms with Gasteiger partial charge in [0.2, 0.25) is 0 Å². The lowest BCUT2D eigenvalue weighted by molar-refractivity contribution is -0.0921. The highest BCUT2D eigenvalue weighted by atomic mass is 16.3. The summed E-state index contributed by atoms with van der Waals surface area (Å²) in [6, 6.07) is 0. The summed E-state index contributed by atoms with van der Waals surface area (Å²) in [4.78, 5) is 0. The molecular weight excluding hydrogens is 452 g/mol. The predicted molar refractivity (Wildman–Crippen MR) is 157 cm³/mol. The van der Waals surface area contributed by atoms with Crippen LogP contribution in [-0.2, 0) is 0 Å². The standard InChI is InChI=1S/C35H64O2/c1-34(2,3)30-21-26(17-24-13-9-7-10-14-24)19-28(32(30)36)23-29-20-27(18-25-15-11-8-12-16-25)22-31(33(29)37)35(4,5)6/h24-33,36-37H,7-23H2,1-6H3. The van der Waals surface area contributed by atoms with Crippen molar-refractivity contribution in [3.05, 3.63) is 0 Å². The van der Waals surface area contributed by atoms with Gasteiger partial charge in [-0.3, -0.25) is 0 Å². The molecule has 0 saturated heterocycles. The molecule has 0 aromatic carbocycles. The quantitative estimate of drug-likeness (QED) is 0.369. The van der Waals surface area contributed by atoms with Crippen LogP contribution in [0.1, 0.15) is 151 Å². The fraction of sp³-hybridized carbons (Fsp3) is 1.00. The number of aliphatic hydroxyl groups excluding tert-OH is 2. The third-order valence-corrected chi connectivity index (χ3v) is 11.9. The Morgan fingerprint density at radius 1 is 0.459 bits per heavy atom. The van der Waals surface area contributed by atoms with Crippen LogP contribution in [0.5, 0.6) is 0 Å². The number of hydrogen-bond acceptors (Lipinski definition) is 2. The van der Waals surface area contributed by atoms with Crippen LogP contribution < -0.4 is 0 Å². The summed E-state index contributed by atoms with van der Waals surface area (Å²) >= 11 is 0. The van der Waals surface area contributed by atoms with Gasteiger partial charge in [-0.25, -0.2) is 0 Å². The fourth-order valence-electron chi connectivity index (χ4n) is 9.75. The summed E-state index contributed by atoms with van der Waals surface area (Å²) in [6.45, 7) is 14.1. The van der Waals surface area contributed by atoms with Crippen molar-refractivity contribution in [1.82, 2.24) is 0 Å². The molecule has 4 aliphatic rings. The molecule has 0 radical (unpaired) electrons. The van der Waals surface area contributed by atoms with Crippen LogP contribution in [0.4, 0.5) is 0 Å². The minimum atomic E-state index is -0.207. The van der Waals surface area contributed by atoms with Crippen LogP contribution in [0.2, 0.25) is 0 Å². The van der Waals surface area contributed by atoms with Crippen molar-refractivity contribution in [3.63, 3.8) is 0 Å². The van der Waals surface area contributed by atoms with E-state index in [1.807, 2.05) is 0 Å². The molecule has 0 aromatic heterocycles. The summed E-state index contributed by atoms with van der Waals surface area (Å²) < 4.78 is 0. The molecule has 0 amide bonds. The van der Waals surface area contributed by atoms with Crippen molar-refractivity contribution in [3.8, 4) is 0 Å². The lowest BCUT2D eigenvalue weighted by atomic mass is 9.57. The lowest BCUT2D eigenvalue weighted by Crippen LogP contribution is -2.48. The molecule has 0 bridgehead atoms. The van der Waals surface area contributed by atoms with E-state index in [4.69, 9.17) is 0 Å². The van der Waals surface area contributed by atoms with E-state index in [1.54, 1.807) is 0 Å². The maximum atomic E-state index is 11.8. The number of hydrogen-bond donors (Lipinski definition) is 2. The second-order valence-electron chi connectivity index (χ2n) is 16.8. The first-order valence-corrected chi connectivity index (χ1v) is 16.8. The molecule has 2 heteroatoms. The topological polar surface area (TPSA) is 40.5 Å². The zero-order valence-corrected chi connectivity index (χ0v) is 25.7. The Morgan fingerprint density at radius 3 is 1.14 bits per heavy atom. The van der Waals surface area contributed by atoms with Crippen molar-refractivity contribution < 1.29 is 10.2 Å². The third kappa shape index (κ3) is 7.99. The van der Waals surface area contributed by atoms with E-state index in [-0.39, 0.29) is 23.0 Å². The summed E-state index contributed by atoms with van der Waals surface area (Å²) in [5.74, 6) is 4.85. The summed E-state index contributed by atoms with van der Waals surface area (Å²) in [5.41, 5.74) is 0.289. The summed E-state index contributed by atoms with van der Waals surface area (Å²) in [7, 11) is 0. The molecule has 0 aromatic rings.